The Kier molecular flexibility index (Phi) is 4.71. The van der Waals surface area contributed by atoms with E-state index in [-0.39, 0.29) is 0 Å². The second-order valence-electron chi connectivity index (χ2n) is 6.83. The summed E-state index contributed by atoms with van der Waals surface area (Å²) in [6.45, 7) is 7.24. The molecule has 1 N–H and O–H groups in total. The molecule has 0 aliphatic heterocycles. The summed E-state index contributed by atoms with van der Waals surface area (Å²) < 4.78 is 0. The van der Waals surface area contributed by atoms with Crippen LogP contribution in [0.15, 0.2) is 54.6 Å². The van der Waals surface area contributed by atoms with Crippen molar-refractivity contribution in [1.82, 2.24) is 0 Å². The van der Waals surface area contributed by atoms with E-state index >= 15 is 0 Å². The minimum absolute atomic E-state index is 0.636. The minimum atomic E-state index is -0.942. The molecule has 2 rings (SSSR count). The first-order chi connectivity index (χ1) is 10.7. The van der Waals surface area contributed by atoms with Crippen LogP contribution in [-0.4, -0.2) is 15.9 Å². The van der Waals surface area contributed by atoms with Crippen LogP contribution in [0.25, 0.3) is 11.1 Å². The molecule has 23 heavy (non-hydrogen) atoms. The van der Waals surface area contributed by atoms with Crippen LogP contribution >= 0.6 is 12.2 Å². The zero-order chi connectivity index (χ0) is 17.3. The van der Waals surface area contributed by atoms with Crippen LogP contribution in [0.3, 0.4) is 0 Å². The molecule has 0 heterocycles. The first-order valence-corrected chi connectivity index (χ1v) is 8.02. The van der Waals surface area contributed by atoms with Gasteiger partial charge >= 0.3 is 5.97 Å². The van der Waals surface area contributed by atoms with Gasteiger partial charge in [-0.15, -0.1) is 0 Å². The molecule has 0 unspecified atom stereocenters. The van der Waals surface area contributed by atoms with E-state index in [2.05, 4.69) is 12.1 Å². The summed E-state index contributed by atoms with van der Waals surface area (Å²) >= 11 is 5.62. The van der Waals surface area contributed by atoms with E-state index in [1.807, 2.05) is 56.3 Å². The second-order valence-corrected chi connectivity index (χ2v) is 7.24. The number of carbonyl (C=O) groups is 1. The van der Waals surface area contributed by atoms with Crippen LogP contribution in [0.5, 0.6) is 0 Å². The summed E-state index contributed by atoms with van der Waals surface area (Å²) in [6.07, 6.45) is 0. The van der Waals surface area contributed by atoms with Gasteiger partial charge < -0.3 is 5.11 Å². The molecule has 0 amide bonds. The molecular weight excluding hydrogens is 304 g/mol. The van der Waals surface area contributed by atoms with Crippen LogP contribution in [0.2, 0.25) is 0 Å². The van der Waals surface area contributed by atoms with Crippen LogP contribution in [0.1, 0.15) is 33.3 Å². The third-order valence-electron chi connectivity index (χ3n) is 4.92. The van der Waals surface area contributed by atoms with Crippen molar-refractivity contribution in [3.63, 3.8) is 0 Å². The van der Waals surface area contributed by atoms with Gasteiger partial charge in [-0.25, -0.2) is 0 Å². The van der Waals surface area contributed by atoms with E-state index in [0.717, 1.165) is 16.7 Å². The summed E-state index contributed by atoms with van der Waals surface area (Å²) in [5.74, 6) is -0.842. The summed E-state index contributed by atoms with van der Waals surface area (Å²) in [6, 6.07) is 18.1. The van der Waals surface area contributed by atoms with Gasteiger partial charge in [0, 0.05) is 10.3 Å². The molecule has 0 fully saturated rings. The Morgan fingerprint density at radius 2 is 1.30 bits per heavy atom. The van der Waals surface area contributed by atoms with Crippen molar-refractivity contribution in [3.8, 4) is 11.1 Å². The smallest absolute Gasteiger partial charge is 0.309 e. The van der Waals surface area contributed by atoms with Gasteiger partial charge in [0.2, 0.25) is 0 Å². The highest BCUT2D eigenvalue weighted by Crippen LogP contribution is 2.42. The van der Waals surface area contributed by atoms with Crippen molar-refractivity contribution < 1.29 is 9.90 Å². The van der Waals surface area contributed by atoms with Crippen LogP contribution < -0.4 is 0 Å². The Morgan fingerprint density at radius 3 is 1.78 bits per heavy atom. The molecule has 0 atom stereocenters. The number of carboxylic acids is 1. The molecule has 2 aromatic carbocycles. The van der Waals surface area contributed by atoms with Gasteiger partial charge in [-0.1, -0.05) is 80.7 Å². The molecule has 0 aliphatic rings. The van der Waals surface area contributed by atoms with Gasteiger partial charge in [0.15, 0.2) is 0 Å². The number of thiocarbonyl (C=S) groups is 1. The van der Waals surface area contributed by atoms with E-state index < -0.39 is 16.8 Å². The lowest BCUT2D eigenvalue weighted by molar-refractivity contribution is -0.151. The zero-order valence-electron chi connectivity index (χ0n) is 14.0. The molecule has 0 spiro atoms. The van der Waals surface area contributed by atoms with Gasteiger partial charge in [-0.3, -0.25) is 4.79 Å². The van der Waals surface area contributed by atoms with Crippen LogP contribution in [0, 0.1) is 10.8 Å². The molecule has 2 nitrogen and oxygen atoms in total. The summed E-state index contributed by atoms with van der Waals surface area (Å²) in [5.41, 5.74) is 1.59. The molecule has 0 radical (unpaired) electrons. The van der Waals surface area contributed by atoms with Gasteiger partial charge in [0.25, 0.3) is 0 Å². The highest BCUT2D eigenvalue weighted by Gasteiger charge is 2.46. The third-order valence-corrected chi connectivity index (χ3v) is 5.67. The van der Waals surface area contributed by atoms with E-state index in [1.165, 1.54) is 0 Å². The first kappa shape index (κ1) is 17.4. The lowest BCUT2D eigenvalue weighted by Gasteiger charge is -2.38. The summed E-state index contributed by atoms with van der Waals surface area (Å²) in [4.78, 5) is 12.3. The number of aliphatic carboxylic acids is 1. The molecule has 0 saturated carbocycles. The van der Waals surface area contributed by atoms with Gasteiger partial charge in [-0.05, 0) is 30.5 Å². The number of hydrogen-bond acceptors (Lipinski definition) is 2. The SMILES string of the molecule is CC(C)(C(=O)O)C(C)(C)C(=S)c1ccc(-c2ccccc2)cc1. The Bertz CT molecular complexity index is 713. The predicted octanol–water partition coefficient (Wildman–Crippen LogP) is 5.21. The van der Waals surface area contributed by atoms with E-state index in [4.69, 9.17) is 12.2 Å². The van der Waals surface area contributed by atoms with E-state index in [0.29, 0.717) is 4.86 Å². The largest absolute Gasteiger partial charge is 0.481 e. The quantitative estimate of drug-likeness (QED) is 0.605. The predicted molar refractivity (Wildman–Crippen MR) is 98.8 cm³/mol. The lowest BCUT2D eigenvalue weighted by Crippen LogP contribution is -2.44. The highest BCUT2D eigenvalue weighted by molar-refractivity contribution is 7.81. The number of rotatable bonds is 5. The van der Waals surface area contributed by atoms with Gasteiger partial charge in [0.05, 0.1) is 5.41 Å². The molecule has 3 heteroatoms. The molecule has 0 aromatic heterocycles. The van der Waals surface area contributed by atoms with Crippen molar-refractivity contribution in [2.45, 2.75) is 27.7 Å². The average molecular weight is 326 g/mol. The van der Waals surface area contributed by atoms with Crippen LogP contribution in [0.4, 0.5) is 0 Å². The Labute approximate surface area is 143 Å². The number of hydrogen-bond donors (Lipinski definition) is 1. The molecule has 120 valence electrons. The van der Waals surface area contributed by atoms with E-state index in [1.54, 1.807) is 13.8 Å². The van der Waals surface area contributed by atoms with Crippen molar-refractivity contribution in [1.29, 1.82) is 0 Å². The molecule has 0 bridgehead atoms. The number of benzene rings is 2. The first-order valence-electron chi connectivity index (χ1n) is 7.61. The Balaban J connectivity index is 2.32. The van der Waals surface area contributed by atoms with Gasteiger partial charge in [-0.2, -0.15) is 0 Å². The summed E-state index contributed by atoms with van der Waals surface area (Å²) in [5, 5.41) is 9.51. The van der Waals surface area contributed by atoms with Crippen molar-refractivity contribution in [2.24, 2.45) is 10.8 Å². The summed E-state index contributed by atoms with van der Waals surface area (Å²) in [7, 11) is 0. The fraction of sp³-hybridized carbons (Fsp3) is 0.300. The van der Waals surface area contributed by atoms with Crippen molar-refractivity contribution >= 4 is 23.1 Å². The standard InChI is InChI=1S/C20H22O2S/c1-19(2,20(3,4)18(21)22)17(23)16-12-10-15(11-13-16)14-8-6-5-7-9-14/h5-13H,1-4H3,(H,21,22). The number of carboxylic acid groups (broad SMARTS) is 1. The normalized spacial score (nSPS) is 12.0. The molecule has 0 saturated heterocycles. The lowest BCUT2D eigenvalue weighted by atomic mass is 9.65. The third kappa shape index (κ3) is 3.20. The molecule has 2 aromatic rings. The fourth-order valence-corrected chi connectivity index (χ4v) is 2.75. The minimum Gasteiger partial charge on any atom is -0.481 e. The second kappa shape index (κ2) is 6.25. The monoisotopic (exact) mass is 326 g/mol. The Morgan fingerprint density at radius 1 is 0.826 bits per heavy atom. The maximum absolute atomic E-state index is 11.6. The van der Waals surface area contributed by atoms with E-state index in [9.17, 15) is 9.90 Å². The van der Waals surface area contributed by atoms with Crippen molar-refractivity contribution in [3.05, 3.63) is 60.2 Å². The van der Waals surface area contributed by atoms with Gasteiger partial charge in [0.1, 0.15) is 0 Å². The fourth-order valence-electron chi connectivity index (χ4n) is 2.36. The molecular formula is C20H22O2S. The maximum Gasteiger partial charge on any atom is 0.309 e. The Hall–Kier alpha value is -2.00. The highest BCUT2D eigenvalue weighted by atomic mass is 32.1. The average Bonchev–Trinajstić information content (AvgIpc) is 2.54. The zero-order valence-corrected chi connectivity index (χ0v) is 14.8. The topological polar surface area (TPSA) is 37.3 Å². The van der Waals surface area contributed by atoms with Crippen LogP contribution in [-0.2, 0) is 4.79 Å². The maximum atomic E-state index is 11.6. The van der Waals surface area contributed by atoms with Crippen molar-refractivity contribution in [2.75, 3.05) is 0 Å². The molecule has 0 aliphatic carbocycles.